The van der Waals surface area contributed by atoms with Crippen molar-refractivity contribution in [1.29, 1.82) is 0 Å². The zero-order valence-corrected chi connectivity index (χ0v) is 28.4. The molecule has 250 valence electrons. The minimum atomic E-state index is -0.345. The molecule has 5 rings (SSSR count). The van der Waals surface area contributed by atoms with Crippen LogP contribution >= 0.6 is 0 Å². The number of unbranched alkanes of at least 4 members (excludes halogenated alkanes) is 2. The molecule has 0 N–H and O–H groups in total. The molecule has 2 aliphatic carbocycles. The minimum absolute atomic E-state index is 0.0489. The van der Waals surface area contributed by atoms with Gasteiger partial charge in [0, 0.05) is 63.7 Å². The van der Waals surface area contributed by atoms with Crippen LogP contribution in [0.2, 0.25) is 0 Å². The third-order valence-electron chi connectivity index (χ3n) is 10.3. The maximum Gasteiger partial charge on any atom is 0.308 e. The van der Waals surface area contributed by atoms with Crippen LogP contribution in [0.15, 0.2) is 54.6 Å². The van der Waals surface area contributed by atoms with Gasteiger partial charge in [0.2, 0.25) is 5.91 Å². The second-order valence-electron chi connectivity index (χ2n) is 14.6. The molecule has 1 aliphatic heterocycles. The molecule has 0 aromatic heterocycles. The number of hydrogen-bond acceptors (Lipinski definition) is 6. The number of carbonyl (C=O) groups is 3. The van der Waals surface area contributed by atoms with E-state index in [4.69, 9.17) is 9.47 Å². The molecular weight excluding hydrogens is 576 g/mol. The largest absolute Gasteiger partial charge is 0.462 e. The Morgan fingerprint density at radius 2 is 1.76 bits per heavy atom. The van der Waals surface area contributed by atoms with E-state index in [2.05, 4.69) is 54.0 Å². The first-order chi connectivity index (χ1) is 22.1. The van der Waals surface area contributed by atoms with Crippen LogP contribution in [0.25, 0.3) is 0 Å². The Hall–Kier alpha value is -3.19. The molecule has 1 amide bonds. The predicted octanol–water partition coefficient (Wildman–Crippen LogP) is 6.96. The lowest BCUT2D eigenvalue weighted by Crippen LogP contribution is -2.62. The number of rotatable bonds is 14. The predicted molar refractivity (Wildman–Crippen MR) is 180 cm³/mol. The number of nitrogens with zero attached hydrogens (tertiary/aromatic N) is 2. The van der Waals surface area contributed by atoms with Crippen LogP contribution in [0.1, 0.15) is 96.6 Å². The summed E-state index contributed by atoms with van der Waals surface area (Å²) in [6.07, 6.45) is 9.18. The summed E-state index contributed by atoms with van der Waals surface area (Å²) in [5.41, 5.74) is 2.14. The highest BCUT2D eigenvalue weighted by Gasteiger charge is 2.55. The van der Waals surface area contributed by atoms with Crippen molar-refractivity contribution in [2.45, 2.75) is 109 Å². The van der Waals surface area contributed by atoms with Gasteiger partial charge in [0.25, 0.3) is 0 Å². The van der Waals surface area contributed by atoms with Crippen LogP contribution in [0.5, 0.6) is 5.75 Å². The Bertz CT molecular complexity index is 1320. The number of aryl methyl sites for hydroxylation is 1. The quantitative estimate of drug-likeness (QED) is 0.128. The van der Waals surface area contributed by atoms with Crippen LogP contribution in [-0.2, 0) is 31.0 Å². The van der Waals surface area contributed by atoms with Gasteiger partial charge in [-0.2, -0.15) is 0 Å². The number of piperidine rings is 1. The van der Waals surface area contributed by atoms with Crippen molar-refractivity contribution in [1.82, 2.24) is 9.80 Å². The van der Waals surface area contributed by atoms with Gasteiger partial charge in [0.15, 0.2) is 0 Å². The number of likely N-dealkylation sites (tertiary alicyclic amines) is 1. The lowest BCUT2D eigenvalue weighted by atomic mass is 9.56. The molecule has 7 nitrogen and oxygen atoms in total. The Labute approximate surface area is 276 Å². The van der Waals surface area contributed by atoms with Gasteiger partial charge in [-0.05, 0) is 86.6 Å². The van der Waals surface area contributed by atoms with Crippen LogP contribution < -0.4 is 4.74 Å². The summed E-state index contributed by atoms with van der Waals surface area (Å²) >= 11 is 0. The highest BCUT2D eigenvalue weighted by molar-refractivity contribution is 5.76. The summed E-state index contributed by atoms with van der Waals surface area (Å²) in [4.78, 5) is 43.2. The van der Waals surface area contributed by atoms with Crippen LogP contribution in [-0.4, -0.2) is 66.0 Å². The topological polar surface area (TPSA) is 76.2 Å². The fourth-order valence-electron chi connectivity index (χ4n) is 8.09. The maximum absolute atomic E-state index is 14.0. The first-order valence-electron chi connectivity index (χ1n) is 17.6. The van der Waals surface area contributed by atoms with E-state index in [0.29, 0.717) is 31.1 Å². The monoisotopic (exact) mass is 630 g/mol. The van der Waals surface area contributed by atoms with E-state index in [1.807, 2.05) is 24.3 Å². The van der Waals surface area contributed by atoms with E-state index in [-0.39, 0.29) is 41.3 Å². The Morgan fingerprint density at radius 1 is 0.978 bits per heavy atom. The fourth-order valence-corrected chi connectivity index (χ4v) is 8.09. The molecule has 4 atom stereocenters. The molecule has 1 heterocycles. The van der Waals surface area contributed by atoms with E-state index < -0.39 is 0 Å². The second kappa shape index (κ2) is 15.6. The molecule has 2 aromatic carbocycles. The van der Waals surface area contributed by atoms with E-state index in [1.165, 1.54) is 32.3 Å². The van der Waals surface area contributed by atoms with E-state index in [9.17, 15) is 14.4 Å². The third kappa shape index (κ3) is 8.99. The summed E-state index contributed by atoms with van der Waals surface area (Å²) in [7, 11) is 0. The van der Waals surface area contributed by atoms with Crippen LogP contribution in [0.3, 0.4) is 0 Å². The first-order valence-corrected chi connectivity index (χ1v) is 17.6. The number of hydrogen-bond donors (Lipinski definition) is 0. The number of carbonyl (C=O) groups excluding carboxylic acids is 3. The van der Waals surface area contributed by atoms with Gasteiger partial charge in [0.1, 0.15) is 11.9 Å². The zero-order chi connectivity index (χ0) is 32.7. The molecule has 2 aromatic rings. The van der Waals surface area contributed by atoms with Crippen molar-refractivity contribution in [2.75, 3.05) is 26.2 Å². The molecule has 46 heavy (non-hydrogen) atoms. The van der Waals surface area contributed by atoms with Crippen LogP contribution in [0, 0.1) is 17.8 Å². The zero-order valence-electron chi connectivity index (χ0n) is 28.4. The Kier molecular flexibility index (Phi) is 11.6. The van der Waals surface area contributed by atoms with E-state index >= 15 is 0 Å². The molecule has 1 saturated heterocycles. The number of ether oxygens (including phenoxy) is 2. The lowest BCUT2D eigenvalue weighted by molar-refractivity contribution is -0.161. The molecule has 3 fully saturated rings. The average molecular weight is 631 g/mol. The van der Waals surface area contributed by atoms with Gasteiger partial charge in [-0.15, -0.1) is 0 Å². The van der Waals surface area contributed by atoms with Crippen LogP contribution in [0.4, 0.5) is 0 Å². The normalized spacial score (nSPS) is 24.7. The SMILES string of the molecule is CC(=O)Oc1cccc([C@@]23CCN(CC4CC4)C[C@H]2C(OC(C)=O)C[C@@H](N(CC(C)C)C(=O)CCCCCc2ccccc2)C3)c1. The summed E-state index contributed by atoms with van der Waals surface area (Å²) in [6, 6.07) is 18.4. The summed E-state index contributed by atoms with van der Waals surface area (Å²) in [5.74, 6) is 1.30. The average Bonchev–Trinajstić information content (AvgIpc) is 3.84. The van der Waals surface area contributed by atoms with Crippen molar-refractivity contribution in [2.24, 2.45) is 17.8 Å². The molecule has 1 unspecified atom stereocenters. The smallest absolute Gasteiger partial charge is 0.308 e. The lowest BCUT2D eigenvalue weighted by Gasteiger charge is -2.57. The number of fused-ring (bicyclic) bond motifs is 1. The fraction of sp³-hybridized carbons (Fsp3) is 0.615. The summed E-state index contributed by atoms with van der Waals surface area (Å²) in [5, 5.41) is 0. The summed E-state index contributed by atoms with van der Waals surface area (Å²) < 4.78 is 11.8. The summed E-state index contributed by atoms with van der Waals surface area (Å²) in [6.45, 7) is 10.9. The number of amides is 1. The van der Waals surface area contributed by atoms with Gasteiger partial charge >= 0.3 is 11.9 Å². The molecular formula is C39H54N2O5. The molecule has 7 heteroatoms. The standard InChI is InChI=1S/C39H54N2O5/c1-28(2)25-41(38(44)17-10-6-9-14-31-12-7-5-8-13-31)34-23-37(46-30(4)43)36-27-40(26-32-18-19-32)21-20-39(36,24-34)33-15-11-16-35(22-33)45-29(3)42/h5,7-8,11-13,15-16,22,28,32,34,36-37H,6,9-10,14,17-21,23-27H2,1-4H3/t34-,36+,37?,39+/m1/s1. The molecule has 2 saturated carbocycles. The first kappa shape index (κ1) is 34.2. The number of benzene rings is 2. The van der Waals surface area contributed by atoms with Crippen molar-refractivity contribution < 1.29 is 23.9 Å². The molecule has 0 bridgehead atoms. The Balaban J connectivity index is 1.40. The van der Waals surface area contributed by atoms with Gasteiger partial charge in [-0.3, -0.25) is 14.4 Å². The van der Waals surface area contributed by atoms with Crippen molar-refractivity contribution in [3.05, 3.63) is 65.7 Å². The van der Waals surface area contributed by atoms with Gasteiger partial charge < -0.3 is 19.3 Å². The maximum atomic E-state index is 14.0. The van der Waals surface area contributed by atoms with Crippen molar-refractivity contribution >= 4 is 17.8 Å². The highest BCUT2D eigenvalue weighted by atomic mass is 16.5. The third-order valence-corrected chi connectivity index (χ3v) is 10.3. The molecule has 0 spiro atoms. The second-order valence-corrected chi connectivity index (χ2v) is 14.6. The highest BCUT2D eigenvalue weighted by Crippen LogP contribution is 2.52. The Morgan fingerprint density at radius 3 is 2.46 bits per heavy atom. The minimum Gasteiger partial charge on any atom is -0.462 e. The van der Waals surface area contributed by atoms with E-state index in [1.54, 1.807) is 0 Å². The van der Waals surface area contributed by atoms with Crippen molar-refractivity contribution in [3.63, 3.8) is 0 Å². The molecule has 0 radical (unpaired) electrons. The van der Waals surface area contributed by atoms with Gasteiger partial charge in [-0.1, -0.05) is 62.7 Å². The van der Waals surface area contributed by atoms with Gasteiger partial charge in [-0.25, -0.2) is 0 Å². The molecule has 3 aliphatic rings. The van der Waals surface area contributed by atoms with Crippen molar-refractivity contribution in [3.8, 4) is 5.75 Å². The number of esters is 2. The van der Waals surface area contributed by atoms with Gasteiger partial charge in [0.05, 0.1) is 0 Å². The van der Waals surface area contributed by atoms with E-state index in [0.717, 1.165) is 69.6 Å².